The SMILES string of the molecule is CC1(C)c2ccc(-c3nc(-c4ccccc4)nc(-n4c5ccccc5c5ccc6c7ccccc7n(-c7cccc(-c8nc(-c9ccccc9)nc(-c9ccccc9)n8)c7)c6c54)n3)cc2C2C=CC=CC21. The summed E-state index contributed by atoms with van der Waals surface area (Å²) in [5.74, 6) is 4.27. The van der Waals surface area contributed by atoms with Crippen molar-refractivity contribution >= 4 is 43.6 Å². The van der Waals surface area contributed by atoms with E-state index in [0.717, 1.165) is 77.1 Å². The molecule has 0 bridgehead atoms. The summed E-state index contributed by atoms with van der Waals surface area (Å²) in [5, 5.41) is 4.45. The van der Waals surface area contributed by atoms with Gasteiger partial charge in [-0.05, 0) is 52.8 Å². The lowest BCUT2D eigenvalue weighted by Crippen LogP contribution is -2.24. The monoisotopic (exact) mass is 912 g/mol. The van der Waals surface area contributed by atoms with Crippen molar-refractivity contribution in [2.45, 2.75) is 25.2 Å². The Balaban J connectivity index is 1.02. The van der Waals surface area contributed by atoms with E-state index in [1.54, 1.807) is 0 Å². The molecule has 8 nitrogen and oxygen atoms in total. The Hall–Kier alpha value is -9.14. The first-order valence-corrected chi connectivity index (χ1v) is 24.2. The van der Waals surface area contributed by atoms with Gasteiger partial charge in [-0.2, -0.15) is 9.97 Å². The van der Waals surface area contributed by atoms with Crippen LogP contribution < -0.4 is 0 Å². The Morgan fingerprint density at radius 2 is 0.845 bits per heavy atom. The molecule has 8 heteroatoms. The van der Waals surface area contributed by atoms with Gasteiger partial charge in [0.1, 0.15) is 0 Å². The zero-order valence-corrected chi connectivity index (χ0v) is 39.0. The van der Waals surface area contributed by atoms with Gasteiger partial charge in [0.15, 0.2) is 29.1 Å². The van der Waals surface area contributed by atoms with Gasteiger partial charge in [-0.1, -0.05) is 202 Å². The van der Waals surface area contributed by atoms with Gasteiger partial charge in [0, 0.05) is 61.0 Å². The Morgan fingerprint density at radius 3 is 1.45 bits per heavy atom. The molecule has 2 unspecified atom stereocenters. The van der Waals surface area contributed by atoms with Crippen LogP contribution in [0.3, 0.4) is 0 Å². The molecule has 2 aliphatic rings. The van der Waals surface area contributed by atoms with E-state index in [1.165, 1.54) is 11.1 Å². The van der Waals surface area contributed by atoms with Crippen LogP contribution in [0.25, 0.3) is 112 Å². The normalized spacial score (nSPS) is 15.7. The molecule has 4 aromatic heterocycles. The minimum Gasteiger partial charge on any atom is -0.307 e. The van der Waals surface area contributed by atoms with Gasteiger partial charge in [0.05, 0.1) is 22.1 Å². The van der Waals surface area contributed by atoms with E-state index in [-0.39, 0.29) is 11.3 Å². The minimum atomic E-state index is -0.00684. The van der Waals surface area contributed by atoms with Gasteiger partial charge in [-0.15, -0.1) is 0 Å². The molecule has 2 aliphatic carbocycles. The van der Waals surface area contributed by atoms with E-state index in [2.05, 4.69) is 163 Å². The second-order valence-electron chi connectivity index (χ2n) is 19.1. The zero-order chi connectivity index (χ0) is 47.2. The molecule has 0 N–H and O–H groups in total. The summed E-state index contributed by atoms with van der Waals surface area (Å²) in [4.78, 5) is 31.4. The average molecular weight is 913 g/mol. The summed E-state index contributed by atoms with van der Waals surface area (Å²) in [6.07, 6.45) is 9.09. The van der Waals surface area contributed by atoms with E-state index in [0.29, 0.717) is 41.0 Å². The highest BCUT2D eigenvalue weighted by Gasteiger charge is 2.44. The zero-order valence-electron chi connectivity index (χ0n) is 39.0. The maximum atomic E-state index is 5.50. The molecule has 8 aromatic carbocycles. The Bertz CT molecular complexity index is 4090. The third kappa shape index (κ3) is 6.52. The number of fused-ring (bicyclic) bond motifs is 10. The van der Waals surface area contributed by atoms with Crippen molar-refractivity contribution in [3.8, 4) is 68.6 Å². The fourth-order valence-corrected chi connectivity index (χ4v) is 11.3. The predicted octanol–water partition coefficient (Wildman–Crippen LogP) is 14.7. The van der Waals surface area contributed by atoms with Gasteiger partial charge in [-0.3, -0.25) is 4.57 Å². The summed E-state index contributed by atoms with van der Waals surface area (Å²) in [5.41, 5.74) is 12.4. The molecule has 0 spiro atoms. The highest BCUT2D eigenvalue weighted by atomic mass is 15.2. The van der Waals surface area contributed by atoms with Crippen LogP contribution in [0.15, 0.2) is 218 Å². The summed E-state index contributed by atoms with van der Waals surface area (Å²) < 4.78 is 4.64. The van der Waals surface area contributed by atoms with Crippen molar-refractivity contribution in [1.82, 2.24) is 39.0 Å². The van der Waals surface area contributed by atoms with E-state index < -0.39 is 0 Å². The molecule has 0 aliphatic heterocycles. The molecular weight excluding hydrogens is 869 g/mol. The van der Waals surface area contributed by atoms with Crippen LogP contribution in [-0.2, 0) is 5.41 Å². The molecule has 0 saturated heterocycles. The van der Waals surface area contributed by atoms with Crippen molar-refractivity contribution in [3.05, 3.63) is 230 Å². The maximum Gasteiger partial charge on any atom is 0.238 e. The standard InChI is InChI=1S/C63H44N8/c1-63(2)51-30-15-12-27-45(51)50-38-43(33-36-52(50)63)61-67-59(41-23-10-5-11-24-41)68-62(69-61)71-54-32-17-14-29-47(54)49-35-34-48-46-28-13-16-31-53(46)70(55(48)56(49)71)44-26-18-25-42(37-44)60-65-57(39-19-6-3-7-20-39)64-58(66-60)40-21-8-4-9-22-40/h3-38,45,51H,1-2H3. The molecule has 0 amide bonds. The van der Waals surface area contributed by atoms with Crippen LogP contribution in [-0.4, -0.2) is 39.0 Å². The molecule has 12 aromatic rings. The first kappa shape index (κ1) is 40.9. The second kappa shape index (κ2) is 16.0. The number of hydrogen-bond acceptors (Lipinski definition) is 6. The highest BCUT2D eigenvalue weighted by molar-refractivity contribution is 6.23. The first-order valence-electron chi connectivity index (χ1n) is 24.2. The van der Waals surface area contributed by atoms with Gasteiger partial charge < -0.3 is 4.57 Å². The molecule has 2 atom stereocenters. The van der Waals surface area contributed by atoms with Crippen LogP contribution in [0.1, 0.15) is 30.9 Å². The average Bonchev–Trinajstić information content (AvgIpc) is 4.04. The fourth-order valence-electron chi connectivity index (χ4n) is 11.3. The predicted molar refractivity (Wildman–Crippen MR) is 287 cm³/mol. The van der Waals surface area contributed by atoms with Gasteiger partial charge in [0.25, 0.3) is 0 Å². The number of aromatic nitrogens is 8. The van der Waals surface area contributed by atoms with Crippen LogP contribution in [0.4, 0.5) is 0 Å². The maximum absolute atomic E-state index is 5.50. The van der Waals surface area contributed by atoms with Gasteiger partial charge in [-0.25, -0.2) is 19.9 Å². The smallest absolute Gasteiger partial charge is 0.238 e. The lowest BCUT2D eigenvalue weighted by atomic mass is 9.74. The number of rotatable bonds is 7. The van der Waals surface area contributed by atoms with E-state index in [4.69, 9.17) is 29.9 Å². The van der Waals surface area contributed by atoms with Crippen molar-refractivity contribution in [2.75, 3.05) is 0 Å². The van der Waals surface area contributed by atoms with E-state index >= 15 is 0 Å². The molecule has 14 rings (SSSR count). The lowest BCUT2D eigenvalue weighted by Gasteiger charge is -2.29. The third-order valence-corrected chi connectivity index (χ3v) is 14.7. The number of allylic oxidation sites excluding steroid dienone is 4. The van der Waals surface area contributed by atoms with Crippen LogP contribution in [0, 0.1) is 5.92 Å². The summed E-state index contributed by atoms with van der Waals surface area (Å²) in [6.45, 7) is 4.73. The highest BCUT2D eigenvalue weighted by Crippen LogP contribution is 2.53. The van der Waals surface area contributed by atoms with Crippen LogP contribution >= 0.6 is 0 Å². The first-order chi connectivity index (χ1) is 35.0. The third-order valence-electron chi connectivity index (χ3n) is 14.7. The van der Waals surface area contributed by atoms with Crippen molar-refractivity contribution in [2.24, 2.45) is 5.92 Å². The molecule has 0 radical (unpaired) electrons. The molecule has 4 heterocycles. The van der Waals surface area contributed by atoms with E-state index in [1.807, 2.05) is 78.9 Å². The van der Waals surface area contributed by atoms with Crippen molar-refractivity contribution in [3.63, 3.8) is 0 Å². The van der Waals surface area contributed by atoms with E-state index in [9.17, 15) is 0 Å². The van der Waals surface area contributed by atoms with Crippen molar-refractivity contribution in [1.29, 1.82) is 0 Å². The topological polar surface area (TPSA) is 87.2 Å². The summed E-state index contributed by atoms with van der Waals surface area (Å²) in [7, 11) is 0. The van der Waals surface area contributed by atoms with Crippen molar-refractivity contribution < 1.29 is 0 Å². The van der Waals surface area contributed by atoms with Gasteiger partial charge in [0.2, 0.25) is 5.95 Å². The molecule has 0 saturated carbocycles. The largest absolute Gasteiger partial charge is 0.307 e. The Labute approximate surface area is 410 Å². The number of para-hydroxylation sites is 2. The lowest BCUT2D eigenvalue weighted by molar-refractivity contribution is 0.394. The Kier molecular flexibility index (Phi) is 9.20. The fraction of sp³-hybridized carbons (Fsp3) is 0.0794. The quantitative estimate of drug-likeness (QED) is 0.158. The summed E-state index contributed by atoms with van der Waals surface area (Å²) >= 11 is 0. The number of benzene rings is 8. The number of nitrogens with zero attached hydrogens (tertiary/aromatic N) is 8. The molecule has 336 valence electrons. The van der Waals surface area contributed by atoms with Crippen LogP contribution in [0.2, 0.25) is 0 Å². The van der Waals surface area contributed by atoms with Gasteiger partial charge >= 0.3 is 0 Å². The number of hydrogen-bond donors (Lipinski definition) is 0. The molecule has 71 heavy (non-hydrogen) atoms. The Morgan fingerprint density at radius 1 is 0.380 bits per heavy atom. The van der Waals surface area contributed by atoms with Crippen LogP contribution in [0.5, 0.6) is 0 Å². The summed E-state index contributed by atoms with van der Waals surface area (Å²) in [6, 6.07) is 67.6. The minimum absolute atomic E-state index is 0.00684. The molecule has 0 fully saturated rings. The molecular formula is C63H44N8. The second-order valence-corrected chi connectivity index (χ2v) is 19.1.